The lowest BCUT2D eigenvalue weighted by atomic mass is 10.0. The Labute approximate surface area is 147 Å². The second kappa shape index (κ2) is 6.89. The van der Waals surface area contributed by atoms with Crippen LogP contribution in [0.25, 0.3) is 0 Å². The number of benzene rings is 1. The van der Waals surface area contributed by atoms with E-state index in [9.17, 15) is 9.59 Å². The standard InChI is InChI=1S/C17H23ClN2O4/c1-10-13(15(21)23-5)6-11(18)7-14(10)19-12-8-20(9-12)16(22)24-17(2,3)4/h6-7,12,19H,8-9H2,1-5H3. The van der Waals surface area contributed by atoms with Crippen LogP contribution < -0.4 is 5.32 Å². The highest BCUT2D eigenvalue weighted by molar-refractivity contribution is 6.31. The topological polar surface area (TPSA) is 67.9 Å². The molecule has 0 radical (unpaired) electrons. The molecule has 0 saturated carbocycles. The van der Waals surface area contributed by atoms with Gasteiger partial charge >= 0.3 is 12.1 Å². The Kier molecular flexibility index (Phi) is 5.28. The quantitative estimate of drug-likeness (QED) is 0.842. The van der Waals surface area contributed by atoms with Crippen molar-refractivity contribution in [2.45, 2.75) is 39.3 Å². The van der Waals surface area contributed by atoms with Gasteiger partial charge in [0.1, 0.15) is 5.60 Å². The number of hydrogen-bond donors (Lipinski definition) is 1. The smallest absolute Gasteiger partial charge is 0.410 e. The van der Waals surface area contributed by atoms with Gasteiger partial charge in [-0.2, -0.15) is 0 Å². The Morgan fingerprint density at radius 3 is 2.46 bits per heavy atom. The zero-order valence-corrected chi connectivity index (χ0v) is 15.4. The summed E-state index contributed by atoms with van der Waals surface area (Å²) in [6, 6.07) is 3.43. The van der Waals surface area contributed by atoms with Gasteiger partial charge in [0, 0.05) is 23.8 Å². The minimum absolute atomic E-state index is 0.0835. The summed E-state index contributed by atoms with van der Waals surface area (Å²) >= 11 is 6.09. The molecule has 6 nitrogen and oxygen atoms in total. The summed E-state index contributed by atoms with van der Waals surface area (Å²) in [5.41, 5.74) is 1.45. The summed E-state index contributed by atoms with van der Waals surface area (Å²) in [4.78, 5) is 25.4. The van der Waals surface area contributed by atoms with Crippen molar-refractivity contribution in [1.82, 2.24) is 4.90 Å². The first-order chi connectivity index (χ1) is 11.1. The van der Waals surface area contributed by atoms with Crippen LogP contribution in [0.1, 0.15) is 36.7 Å². The van der Waals surface area contributed by atoms with Gasteiger partial charge in [0.2, 0.25) is 0 Å². The van der Waals surface area contributed by atoms with E-state index in [0.29, 0.717) is 23.7 Å². The van der Waals surface area contributed by atoms with Gasteiger partial charge in [0.05, 0.1) is 18.7 Å². The van der Waals surface area contributed by atoms with Crippen molar-refractivity contribution < 1.29 is 19.1 Å². The van der Waals surface area contributed by atoms with E-state index in [1.165, 1.54) is 7.11 Å². The number of hydrogen-bond acceptors (Lipinski definition) is 5. The lowest BCUT2D eigenvalue weighted by molar-refractivity contribution is 0.0105. The third-order valence-corrected chi connectivity index (χ3v) is 3.89. The number of nitrogens with one attached hydrogen (secondary N) is 1. The fourth-order valence-corrected chi connectivity index (χ4v) is 2.63. The van der Waals surface area contributed by atoms with Gasteiger partial charge in [-0.3, -0.25) is 0 Å². The second-order valence-electron chi connectivity index (χ2n) is 6.84. The third-order valence-electron chi connectivity index (χ3n) is 3.67. The molecule has 1 N–H and O–H groups in total. The number of methoxy groups -OCH3 is 1. The highest BCUT2D eigenvalue weighted by atomic mass is 35.5. The van der Waals surface area contributed by atoms with Crippen LogP contribution >= 0.6 is 11.6 Å². The number of ether oxygens (including phenoxy) is 2. The molecule has 0 atom stereocenters. The number of halogens is 1. The van der Waals surface area contributed by atoms with Crippen LogP contribution in [0.2, 0.25) is 5.02 Å². The summed E-state index contributed by atoms with van der Waals surface area (Å²) < 4.78 is 10.1. The molecule has 0 spiro atoms. The first-order valence-corrected chi connectivity index (χ1v) is 8.11. The van der Waals surface area contributed by atoms with Gasteiger partial charge in [0.25, 0.3) is 0 Å². The highest BCUT2D eigenvalue weighted by Gasteiger charge is 2.34. The number of esters is 1. The van der Waals surface area contributed by atoms with Crippen LogP contribution in [0.5, 0.6) is 0 Å². The second-order valence-corrected chi connectivity index (χ2v) is 7.28. The molecular formula is C17H23ClN2O4. The third kappa shape index (κ3) is 4.32. The summed E-state index contributed by atoms with van der Waals surface area (Å²) in [6.07, 6.45) is -0.321. The molecule has 7 heteroatoms. The van der Waals surface area contributed by atoms with Crippen molar-refractivity contribution in [3.63, 3.8) is 0 Å². The lowest BCUT2D eigenvalue weighted by Crippen LogP contribution is -2.58. The van der Waals surface area contributed by atoms with E-state index in [0.717, 1.165) is 11.3 Å². The molecule has 1 amide bonds. The van der Waals surface area contributed by atoms with Crippen LogP contribution in [0.15, 0.2) is 12.1 Å². The summed E-state index contributed by atoms with van der Waals surface area (Å²) in [5, 5.41) is 3.76. The number of amides is 1. The van der Waals surface area contributed by atoms with Gasteiger partial charge in [-0.15, -0.1) is 0 Å². The van der Waals surface area contributed by atoms with Crippen LogP contribution in [-0.4, -0.2) is 48.8 Å². The molecular weight excluding hydrogens is 332 g/mol. The maximum Gasteiger partial charge on any atom is 0.410 e. The number of carbonyl (C=O) groups is 2. The maximum atomic E-state index is 11.9. The molecule has 0 bridgehead atoms. The molecule has 1 heterocycles. The molecule has 1 aliphatic rings. The number of nitrogens with zero attached hydrogens (tertiary/aromatic N) is 1. The Morgan fingerprint density at radius 2 is 1.92 bits per heavy atom. The highest BCUT2D eigenvalue weighted by Crippen LogP contribution is 2.27. The van der Waals surface area contributed by atoms with E-state index in [-0.39, 0.29) is 12.1 Å². The fourth-order valence-electron chi connectivity index (χ4n) is 2.42. The van der Waals surface area contributed by atoms with E-state index in [2.05, 4.69) is 5.32 Å². The normalized spacial score (nSPS) is 14.8. The Hall–Kier alpha value is -1.95. The summed E-state index contributed by atoms with van der Waals surface area (Å²) in [5.74, 6) is -0.429. The fraction of sp³-hybridized carbons (Fsp3) is 0.529. The van der Waals surface area contributed by atoms with Gasteiger partial charge in [-0.05, 0) is 45.4 Å². The number of rotatable bonds is 3. The average Bonchev–Trinajstić information content (AvgIpc) is 2.42. The molecule has 0 aliphatic carbocycles. The number of anilines is 1. The van der Waals surface area contributed by atoms with Crippen LogP contribution in [0.4, 0.5) is 10.5 Å². The molecule has 1 fully saturated rings. The molecule has 2 rings (SSSR count). The van der Waals surface area contributed by atoms with Crippen molar-refractivity contribution in [2.75, 3.05) is 25.5 Å². The molecule has 0 unspecified atom stereocenters. The van der Waals surface area contributed by atoms with Crippen molar-refractivity contribution in [3.05, 3.63) is 28.3 Å². The minimum Gasteiger partial charge on any atom is -0.465 e. The molecule has 1 aromatic rings. The van der Waals surface area contributed by atoms with E-state index in [4.69, 9.17) is 21.1 Å². The predicted octanol–water partition coefficient (Wildman–Crippen LogP) is 3.47. The number of likely N-dealkylation sites (tertiary alicyclic amines) is 1. The van der Waals surface area contributed by atoms with Gasteiger partial charge in [0.15, 0.2) is 0 Å². The van der Waals surface area contributed by atoms with E-state index < -0.39 is 11.6 Å². The largest absolute Gasteiger partial charge is 0.465 e. The van der Waals surface area contributed by atoms with Gasteiger partial charge < -0.3 is 19.7 Å². The summed E-state index contributed by atoms with van der Waals surface area (Å²) in [6.45, 7) is 8.41. The average molecular weight is 355 g/mol. The van der Waals surface area contributed by atoms with Crippen molar-refractivity contribution in [2.24, 2.45) is 0 Å². The molecule has 1 saturated heterocycles. The first-order valence-electron chi connectivity index (χ1n) is 7.73. The van der Waals surface area contributed by atoms with Crippen molar-refractivity contribution in [1.29, 1.82) is 0 Å². The monoisotopic (exact) mass is 354 g/mol. The van der Waals surface area contributed by atoms with Crippen LogP contribution in [-0.2, 0) is 9.47 Å². The SMILES string of the molecule is COC(=O)c1cc(Cl)cc(NC2CN(C(=O)OC(C)(C)C)C2)c1C. The van der Waals surface area contributed by atoms with Crippen LogP contribution in [0.3, 0.4) is 0 Å². The van der Waals surface area contributed by atoms with E-state index in [1.807, 2.05) is 27.7 Å². The molecule has 132 valence electrons. The van der Waals surface area contributed by atoms with Crippen molar-refractivity contribution >= 4 is 29.4 Å². The maximum absolute atomic E-state index is 11.9. The van der Waals surface area contributed by atoms with Gasteiger partial charge in [-0.1, -0.05) is 11.6 Å². The molecule has 1 aliphatic heterocycles. The van der Waals surface area contributed by atoms with Crippen molar-refractivity contribution in [3.8, 4) is 0 Å². The zero-order chi connectivity index (χ0) is 18.1. The number of carbonyl (C=O) groups excluding carboxylic acids is 2. The molecule has 0 aromatic heterocycles. The lowest BCUT2D eigenvalue weighted by Gasteiger charge is -2.40. The zero-order valence-electron chi connectivity index (χ0n) is 14.6. The molecule has 24 heavy (non-hydrogen) atoms. The summed E-state index contributed by atoms with van der Waals surface area (Å²) in [7, 11) is 1.33. The Balaban J connectivity index is 2.00. The first kappa shape index (κ1) is 18.4. The molecule has 1 aromatic carbocycles. The van der Waals surface area contributed by atoms with E-state index in [1.54, 1.807) is 17.0 Å². The Morgan fingerprint density at radius 1 is 1.29 bits per heavy atom. The van der Waals surface area contributed by atoms with Crippen LogP contribution in [0, 0.1) is 6.92 Å². The minimum atomic E-state index is -0.505. The predicted molar refractivity (Wildman–Crippen MR) is 92.7 cm³/mol. The van der Waals surface area contributed by atoms with Gasteiger partial charge in [-0.25, -0.2) is 9.59 Å². The van der Waals surface area contributed by atoms with E-state index >= 15 is 0 Å². The Bertz CT molecular complexity index is 649.